The molecule has 0 unspecified atom stereocenters. The normalized spacial score (nSPS) is 24.0. The summed E-state index contributed by atoms with van der Waals surface area (Å²) in [7, 11) is 0. The number of nitrogens with zero attached hydrogens (tertiary/aromatic N) is 5. The Morgan fingerprint density at radius 2 is 1.69 bits per heavy atom. The van der Waals surface area contributed by atoms with Crippen molar-refractivity contribution in [3.63, 3.8) is 0 Å². The first-order valence-electron chi connectivity index (χ1n) is 14.7. The predicted octanol–water partition coefficient (Wildman–Crippen LogP) is 4.60. The van der Waals surface area contributed by atoms with Gasteiger partial charge in [0, 0.05) is 69.8 Å². The van der Waals surface area contributed by atoms with E-state index < -0.39 is 0 Å². The fourth-order valence-corrected chi connectivity index (χ4v) is 7.81. The number of thioether (sulfide) groups is 1. The summed E-state index contributed by atoms with van der Waals surface area (Å²) >= 11 is 1.82. The van der Waals surface area contributed by atoms with E-state index in [-0.39, 0.29) is 6.04 Å². The molecule has 0 spiro atoms. The first-order chi connectivity index (χ1) is 19.2. The Morgan fingerprint density at radius 3 is 2.44 bits per heavy atom. The third kappa shape index (κ3) is 6.32. The molecule has 1 aromatic heterocycles. The van der Waals surface area contributed by atoms with Gasteiger partial charge in [0.2, 0.25) is 5.91 Å². The highest BCUT2D eigenvalue weighted by Crippen LogP contribution is 2.34. The number of carbonyl (C=O) groups excluding carboxylic acids is 1. The average molecular weight is 544 g/mol. The minimum atomic E-state index is -0.0673. The van der Waals surface area contributed by atoms with Crippen LogP contribution in [-0.4, -0.2) is 100 Å². The van der Waals surface area contributed by atoms with E-state index in [1.807, 2.05) is 30.1 Å². The van der Waals surface area contributed by atoms with E-state index in [4.69, 9.17) is 0 Å². The quantitative estimate of drug-likeness (QED) is 0.434. The number of aromatic nitrogens is 1. The number of amides is 1. The van der Waals surface area contributed by atoms with Gasteiger partial charge >= 0.3 is 0 Å². The molecule has 2 atom stereocenters. The zero-order valence-corrected chi connectivity index (χ0v) is 23.9. The van der Waals surface area contributed by atoms with Crippen LogP contribution in [0.1, 0.15) is 31.7 Å². The Labute approximate surface area is 237 Å². The van der Waals surface area contributed by atoms with Gasteiger partial charge in [-0.05, 0) is 60.3 Å². The second-order valence-electron chi connectivity index (χ2n) is 11.3. The van der Waals surface area contributed by atoms with Crippen LogP contribution < -0.4 is 0 Å². The number of carbonyl (C=O) groups is 1. The molecule has 3 fully saturated rings. The van der Waals surface area contributed by atoms with Crippen molar-refractivity contribution in [2.24, 2.45) is 0 Å². The molecule has 2 aromatic carbocycles. The number of hydrogen-bond donors (Lipinski definition) is 0. The van der Waals surface area contributed by atoms with E-state index in [1.54, 1.807) is 0 Å². The molecule has 6 nitrogen and oxygen atoms in total. The number of piperidine rings is 1. The minimum absolute atomic E-state index is 0.0673. The Morgan fingerprint density at radius 1 is 0.923 bits per heavy atom. The van der Waals surface area contributed by atoms with Gasteiger partial charge in [0.15, 0.2) is 0 Å². The van der Waals surface area contributed by atoms with Gasteiger partial charge in [0.1, 0.15) is 0 Å². The standard InChI is InChI=1S/C32H41N5OS/c1-2-34-17-19-35(20-18-34)28-12-15-36(16-13-28)32(38)30-22-29(39-31-9-5-6-14-33-31)24-37(30)23-25-10-11-26-7-3-4-8-27(26)21-25/h3-11,14,21,28-30H,2,12-13,15-20,22-24H2,1H3/t29-,30-/m0/s1. The summed E-state index contributed by atoms with van der Waals surface area (Å²) in [6, 6.07) is 21.9. The number of benzene rings is 2. The molecule has 3 aliphatic heterocycles. The molecule has 39 heavy (non-hydrogen) atoms. The van der Waals surface area contributed by atoms with Gasteiger partial charge in [-0.2, -0.15) is 0 Å². The maximum absolute atomic E-state index is 14.0. The molecule has 1 amide bonds. The molecule has 4 heterocycles. The molecule has 0 aliphatic carbocycles. The maximum atomic E-state index is 14.0. The van der Waals surface area contributed by atoms with E-state index in [1.165, 1.54) is 42.5 Å². The lowest BCUT2D eigenvalue weighted by Crippen LogP contribution is -2.55. The van der Waals surface area contributed by atoms with E-state index in [0.717, 1.165) is 57.0 Å². The fourth-order valence-electron chi connectivity index (χ4n) is 6.64. The van der Waals surface area contributed by atoms with Crippen molar-refractivity contribution >= 4 is 28.4 Å². The van der Waals surface area contributed by atoms with E-state index in [0.29, 0.717) is 17.2 Å². The largest absolute Gasteiger partial charge is 0.341 e. The Kier molecular flexibility index (Phi) is 8.49. The van der Waals surface area contributed by atoms with Crippen molar-refractivity contribution in [2.45, 2.75) is 55.1 Å². The highest BCUT2D eigenvalue weighted by molar-refractivity contribution is 7.99. The highest BCUT2D eigenvalue weighted by Gasteiger charge is 2.40. The van der Waals surface area contributed by atoms with Gasteiger partial charge in [0.05, 0.1) is 11.1 Å². The summed E-state index contributed by atoms with van der Waals surface area (Å²) in [5, 5.41) is 3.93. The fraction of sp³-hybridized carbons (Fsp3) is 0.500. The number of likely N-dealkylation sites (tertiary alicyclic amines) is 2. The first-order valence-corrected chi connectivity index (χ1v) is 15.6. The molecule has 3 aliphatic rings. The number of rotatable bonds is 7. The minimum Gasteiger partial charge on any atom is -0.341 e. The van der Waals surface area contributed by atoms with Crippen molar-refractivity contribution in [3.05, 3.63) is 72.4 Å². The topological polar surface area (TPSA) is 42.9 Å². The lowest BCUT2D eigenvalue weighted by molar-refractivity contribution is -0.137. The average Bonchev–Trinajstić information content (AvgIpc) is 3.39. The van der Waals surface area contributed by atoms with Crippen LogP contribution in [0.5, 0.6) is 0 Å². The summed E-state index contributed by atoms with van der Waals surface area (Å²) in [5.41, 5.74) is 1.28. The molecular formula is C32H41N5OS. The first kappa shape index (κ1) is 26.8. The van der Waals surface area contributed by atoms with Crippen LogP contribution >= 0.6 is 11.8 Å². The van der Waals surface area contributed by atoms with Gasteiger partial charge < -0.3 is 9.80 Å². The van der Waals surface area contributed by atoms with Crippen molar-refractivity contribution in [2.75, 3.05) is 52.4 Å². The molecule has 3 aromatic rings. The van der Waals surface area contributed by atoms with Crippen LogP contribution in [0.3, 0.4) is 0 Å². The van der Waals surface area contributed by atoms with Crippen LogP contribution in [0.4, 0.5) is 0 Å². The van der Waals surface area contributed by atoms with E-state index in [2.05, 4.69) is 80.0 Å². The van der Waals surface area contributed by atoms with Gasteiger partial charge in [-0.15, -0.1) is 11.8 Å². The molecule has 0 saturated carbocycles. The summed E-state index contributed by atoms with van der Waals surface area (Å²) < 4.78 is 0. The number of fused-ring (bicyclic) bond motifs is 1. The summed E-state index contributed by atoms with van der Waals surface area (Å²) in [5.74, 6) is 0.328. The molecule has 3 saturated heterocycles. The van der Waals surface area contributed by atoms with Crippen LogP contribution in [0.15, 0.2) is 71.9 Å². The summed E-state index contributed by atoms with van der Waals surface area (Å²) in [4.78, 5) is 28.4. The third-order valence-electron chi connectivity index (χ3n) is 8.92. The number of hydrogen-bond acceptors (Lipinski definition) is 6. The van der Waals surface area contributed by atoms with Crippen LogP contribution in [0, 0.1) is 0 Å². The lowest BCUT2D eigenvalue weighted by Gasteiger charge is -2.43. The second-order valence-corrected chi connectivity index (χ2v) is 12.6. The monoisotopic (exact) mass is 543 g/mol. The van der Waals surface area contributed by atoms with Crippen molar-refractivity contribution in [1.82, 2.24) is 24.6 Å². The number of piperazine rings is 1. The Hall–Kier alpha value is -2.45. The van der Waals surface area contributed by atoms with Crippen molar-refractivity contribution in [3.8, 4) is 0 Å². The molecule has 0 radical (unpaired) electrons. The van der Waals surface area contributed by atoms with E-state index in [9.17, 15) is 4.79 Å². The Balaban J connectivity index is 1.13. The van der Waals surface area contributed by atoms with Crippen LogP contribution in [-0.2, 0) is 11.3 Å². The maximum Gasteiger partial charge on any atom is 0.239 e. The third-order valence-corrected chi connectivity index (χ3v) is 10.1. The van der Waals surface area contributed by atoms with E-state index >= 15 is 0 Å². The van der Waals surface area contributed by atoms with Gasteiger partial charge in [-0.3, -0.25) is 14.6 Å². The molecule has 206 valence electrons. The molecule has 0 N–H and O–H groups in total. The van der Waals surface area contributed by atoms with Gasteiger partial charge in [-0.25, -0.2) is 4.98 Å². The zero-order valence-electron chi connectivity index (χ0n) is 23.1. The predicted molar refractivity (Wildman–Crippen MR) is 160 cm³/mol. The van der Waals surface area contributed by atoms with Crippen LogP contribution in [0.25, 0.3) is 10.8 Å². The molecule has 0 bridgehead atoms. The zero-order chi connectivity index (χ0) is 26.6. The van der Waals surface area contributed by atoms with Crippen LogP contribution in [0.2, 0.25) is 0 Å². The SMILES string of the molecule is CCN1CCN(C2CCN(C(=O)[C@@H]3C[C@H](Sc4ccccn4)CN3Cc3ccc4ccccc4c3)CC2)CC1. The molecular weight excluding hydrogens is 502 g/mol. The number of likely N-dealkylation sites (N-methyl/N-ethyl adjacent to an activating group) is 1. The highest BCUT2D eigenvalue weighted by atomic mass is 32.2. The van der Waals surface area contributed by atoms with Crippen molar-refractivity contribution < 1.29 is 4.79 Å². The Bertz CT molecular complexity index is 1240. The summed E-state index contributed by atoms with van der Waals surface area (Å²) in [6.45, 7) is 11.6. The van der Waals surface area contributed by atoms with Gasteiger partial charge in [0.25, 0.3) is 0 Å². The lowest BCUT2D eigenvalue weighted by atomic mass is 10.0. The number of pyridine rings is 1. The molecule has 7 heteroatoms. The molecule has 6 rings (SSSR count). The second kappa shape index (κ2) is 12.4. The van der Waals surface area contributed by atoms with Crippen molar-refractivity contribution in [1.29, 1.82) is 0 Å². The van der Waals surface area contributed by atoms with Gasteiger partial charge in [-0.1, -0.05) is 49.4 Å². The summed E-state index contributed by atoms with van der Waals surface area (Å²) in [6.07, 6.45) is 4.94. The smallest absolute Gasteiger partial charge is 0.239 e.